The minimum Gasteiger partial charge on any atom is -0.306 e. The van der Waals surface area contributed by atoms with Crippen molar-refractivity contribution in [3.05, 3.63) is 102 Å². The molecule has 0 atom stereocenters. The molecular weight excluding hydrogens is 434 g/mol. The molecule has 3 nitrogen and oxygen atoms in total. The number of fused-ring (bicyclic) bond motifs is 4. The molecule has 7 rings (SSSR count). The summed E-state index contributed by atoms with van der Waals surface area (Å²) in [6.07, 6.45) is 0. The van der Waals surface area contributed by atoms with Gasteiger partial charge in [0.05, 0.1) is 49.4 Å². The molecule has 2 aliphatic rings. The van der Waals surface area contributed by atoms with Crippen LogP contribution in [0.2, 0.25) is 0 Å². The van der Waals surface area contributed by atoms with E-state index in [4.69, 9.17) is 0 Å². The van der Waals surface area contributed by atoms with Gasteiger partial charge in [-0.1, -0.05) is 48.5 Å². The fourth-order valence-electron chi connectivity index (χ4n) is 5.23. The predicted molar refractivity (Wildman–Crippen MR) is 140 cm³/mol. The van der Waals surface area contributed by atoms with Gasteiger partial charge in [0.25, 0.3) is 0 Å². The highest BCUT2D eigenvalue weighted by atomic mass is 32.1. The fourth-order valence-corrected chi connectivity index (χ4v) is 6.32. The summed E-state index contributed by atoms with van der Waals surface area (Å²) in [6, 6.07) is 35.6. The van der Waals surface area contributed by atoms with Crippen molar-refractivity contribution in [2.45, 2.75) is 0 Å². The van der Waals surface area contributed by atoms with Crippen molar-refractivity contribution in [3.8, 4) is 29.0 Å². The third-order valence-electron chi connectivity index (χ3n) is 6.60. The van der Waals surface area contributed by atoms with E-state index in [1.54, 1.807) is 6.07 Å². The largest absolute Gasteiger partial charge is 0.306 e. The highest BCUT2D eigenvalue weighted by Crippen LogP contribution is 2.44. The first kappa shape index (κ1) is 18.9. The first-order valence-corrected chi connectivity index (χ1v) is 11.8. The number of nitriles is 2. The van der Waals surface area contributed by atoms with E-state index in [-0.39, 0.29) is 0 Å². The van der Waals surface area contributed by atoms with Crippen molar-refractivity contribution in [2.75, 3.05) is 0 Å². The highest BCUT2D eigenvalue weighted by molar-refractivity contribution is 7.24. The van der Waals surface area contributed by atoms with E-state index >= 15 is 0 Å². The van der Waals surface area contributed by atoms with Crippen LogP contribution in [0.25, 0.3) is 58.8 Å². The van der Waals surface area contributed by atoms with Crippen LogP contribution in [-0.4, -0.2) is 4.57 Å². The smallest absolute Gasteiger partial charge is 0.0992 e. The maximum atomic E-state index is 9.51. The van der Waals surface area contributed by atoms with Gasteiger partial charge in [0.15, 0.2) is 0 Å². The molecule has 156 valence electrons. The lowest BCUT2D eigenvalue weighted by Crippen LogP contribution is -2.04. The van der Waals surface area contributed by atoms with Crippen molar-refractivity contribution in [2.24, 2.45) is 0 Å². The lowest BCUT2D eigenvalue weighted by molar-refractivity contribution is 1.20. The standard InChI is InChI=1S/C30H15N3S/c31-16-18-13-19(17-32)15-20(14-18)21-11-12-26-29-22(21)5-3-6-23(29)24-7-4-10-28-30(24)33(26)25-8-1-2-9-27(25)34-28/h1-15H. The van der Waals surface area contributed by atoms with Gasteiger partial charge in [-0.2, -0.15) is 10.5 Å². The highest BCUT2D eigenvalue weighted by Gasteiger charge is 2.20. The van der Waals surface area contributed by atoms with E-state index in [1.807, 2.05) is 23.5 Å². The Morgan fingerprint density at radius 1 is 0.618 bits per heavy atom. The monoisotopic (exact) mass is 449 g/mol. The summed E-state index contributed by atoms with van der Waals surface area (Å²) < 4.78 is 4.88. The topological polar surface area (TPSA) is 52.5 Å². The summed E-state index contributed by atoms with van der Waals surface area (Å²) in [5.41, 5.74) is 6.46. The minimum atomic E-state index is 0.492. The molecule has 4 heteroatoms. The molecule has 0 spiro atoms. The first-order valence-electron chi connectivity index (χ1n) is 11.0. The Balaban J connectivity index is 1.72. The molecule has 0 fully saturated rings. The Morgan fingerprint density at radius 3 is 2.15 bits per heavy atom. The summed E-state index contributed by atoms with van der Waals surface area (Å²) >= 11 is 1.82. The second-order valence-electron chi connectivity index (χ2n) is 8.44. The van der Waals surface area contributed by atoms with Crippen LogP contribution in [0, 0.1) is 22.7 Å². The summed E-state index contributed by atoms with van der Waals surface area (Å²) in [7, 11) is 0. The molecule has 0 radical (unpaired) electrons. The molecule has 5 aromatic rings. The zero-order chi connectivity index (χ0) is 22.8. The van der Waals surface area contributed by atoms with Crippen LogP contribution >= 0.6 is 11.3 Å². The molecule has 0 N–H and O–H groups in total. The predicted octanol–water partition coefficient (Wildman–Crippen LogP) is 8.00. The number of hydrogen-bond acceptors (Lipinski definition) is 3. The zero-order valence-corrected chi connectivity index (χ0v) is 18.7. The number of aromatic nitrogens is 1. The van der Waals surface area contributed by atoms with Gasteiger partial charge in [0.1, 0.15) is 0 Å². The zero-order valence-electron chi connectivity index (χ0n) is 17.9. The number of rotatable bonds is 1. The second kappa shape index (κ2) is 6.93. The van der Waals surface area contributed by atoms with E-state index < -0.39 is 0 Å². The molecule has 0 bridgehead atoms. The van der Waals surface area contributed by atoms with E-state index in [0.717, 1.165) is 22.0 Å². The molecule has 0 unspecified atom stereocenters. The molecule has 0 aromatic heterocycles. The van der Waals surface area contributed by atoms with Crippen LogP contribution in [-0.2, 0) is 0 Å². The molecule has 2 aliphatic heterocycles. The molecule has 34 heavy (non-hydrogen) atoms. The second-order valence-corrected chi connectivity index (χ2v) is 9.52. The van der Waals surface area contributed by atoms with Gasteiger partial charge < -0.3 is 4.57 Å². The Morgan fingerprint density at radius 2 is 1.32 bits per heavy atom. The number of para-hydroxylation sites is 2. The van der Waals surface area contributed by atoms with Crippen LogP contribution in [0.15, 0.2) is 91.0 Å². The van der Waals surface area contributed by atoms with Crippen molar-refractivity contribution in [3.63, 3.8) is 0 Å². The molecule has 2 heterocycles. The molecule has 0 aliphatic carbocycles. The van der Waals surface area contributed by atoms with E-state index in [2.05, 4.69) is 89.5 Å². The van der Waals surface area contributed by atoms with Crippen LogP contribution in [0.4, 0.5) is 0 Å². The van der Waals surface area contributed by atoms with Gasteiger partial charge in [-0.15, -0.1) is 11.3 Å². The van der Waals surface area contributed by atoms with Gasteiger partial charge in [-0.3, -0.25) is 0 Å². The van der Waals surface area contributed by atoms with E-state index in [0.29, 0.717) is 11.1 Å². The summed E-state index contributed by atoms with van der Waals surface area (Å²) in [5, 5.41) is 23.7. The average Bonchev–Trinajstić information content (AvgIpc) is 2.90. The third kappa shape index (κ3) is 2.49. The number of hydrogen-bond donors (Lipinski definition) is 0. The first-order chi connectivity index (χ1) is 16.8. The molecule has 5 aromatic carbocycles. The lowest BCUT2D eigenvalue weighted by Gasteiger charge is -2.24. The van der Waals surface area contributed by atoms with Crippen molar-refractivity contribution >= 4 is 53.3 Å². The quantitative estimate of drug-likeness (QED) is 0.188. The molecular formula is C30H15N3S. The maximum Gasteiger partial charge on any atom is 0.0992 e. The van der Waals surface area contributed by atoms with Crippen molar-refractivity contribution < 1.29 is 0 Å². The Kier molecular flexibility index (Phi) is 3.85. The summed E-state index contributed by atoms with van der Waals surface area (Å²) in [4.78, 5) is 0. The fraction of sp³-hybridized carbons (Fsp3) is 0. The SMILES string of the molecule is N#Cc1cc(C#N)cc(-c2ccc3c4c2cccc4c2cccc4sc5ccccc5n3-c42)c1. The van der Waals surface area contributed by atoms with Gasteiger partial charge in [-0.25, -0.2) is 0 Å². The Hall–Kier alpha value is -4.64. The third-order valence-corrected chi connectivity index (χ3v) is 7.72. The van der Waals surface area contributed by atoms with Gasteiger partial charge in [0, 0.05) is 10.8 Å². The number of pyridine rings is 1. The average molecular weight is 450 g/mol. The summed E-state index contributed by atoms with van der Waals surface area (Å²) in [5.74, 6) is 0. The van der Waals surface area contributed by atoms with Gasteiger partial charge >= 0.3 is 0 Å². The lowest BCUT2D eigenvalue weighted by atomic mass is 9.91. The van der Waals surface area contributed by atoms with Crippen LogP contribution in [0.5, 0.6) is 0 Å². The van der Waals surface area contributed by atoms with Crippen molar-refractivity contribution in [1.29, 1.82) is 10.5 Å². The summed E-state index contributed by atoms with van der Waals surface area (Å²) in [6.45, 7) is 0. The Labute approximate surface area is 199 Å². The van der Waals surface area contributed by atoms with E-state index in [1.165, 1.54) is 36.8 Å². The molecule has 0 saturated carbocycles. The molecule has 0 amide bonds. The van der Waals surface area contributed by atoms with Gasteiger partial charge in [-0.05, 0) is 64.4 Å². The normalized spacial score (nSPS) is 11.5. The number of benzene rings is 5. The molecule has 0 saturated heterocycles. The maximum absolute atomic E-state index is 9.51. The van der Waals surface area contributed by atoms with Crippen LogP contribution < -0.4 is 0 Å². The minimum absolute atomic E-state index is 0.492. The van der Waals surface area contributed by atoms with E-state index in [9.17, 15) is 10.5 Å². The van der Waals surface area contributed by atoms with Crippen LogP contribution in [0.3, 0.4) is 0 Å². The van der Waals surface area contributed by atoms with Crippen LogP contribution in [0.1, 0.15) is 11.1 Å². The van der Waals surface area contributed by atoms with Crippen molar-refractivity contribution in [1.82, 2.24) is 4.57 Å². The number of nitrogens with zero attached hydrogens (tertiary/aromatic N) is 3. The Bertz CT molecular complexity index is 1960. The van der Waals surface area contributed by atoms with Gasteiger partial charge in [0.2, 0.25) is 0 Å².